The van der Waals surface area contributed by atoms with Crippen molar-refractivity contribution in [1.82, 2.24) is 28.7 Å². The topological polar surface area (TPSA) is 73.2 Å². The van der Waals surface area contributed by atoms with Gasteiger partial charge in [-0.05, 0) is 24.8 Å². The Morgan fingerprint density at radius 1 is 1.19 bits per heavy atom. The molecule has 1 fully saturated rings. The van der Waals surface area contributed by atoms with E-state index in [1.807, 2.05) is 29.8 Å². The molecule has 0 aromatic carbocycles. The number of fused-ring (bicyclic) bond motifs is 1. The molecule has 10 heteroatoms. The van der Waals surface area contributed by atoms with E-state index in [0.29, 0.717) is 17.2 Å². The molecule has 7 nitrogen and oxygen atoms in total. The van der Waals surface area contributed by atoms with Crippen molar-refractivity contribution >= 4 is 5.65 Å². The number of halogens is 3. The molecular formula is C21H21F3N6O. The molecule has 0 bridgehead atoms. The first-order valence-electron chi connectivity index (χ1n) is 10.1. The molecule has 4 aromatic rings. The van der Waals surface area contributed by atoms with Gasteiger partial charge in [0.15, 0.2) is 6.10 Å². The number of aromatic nitrogens is 6. The average molecular weight is 430 g/mol. The zero-order valence-electron chi connectivity index (χ0n) is 16.7. The number of alkyl halides is 3. The summed E-state index contributed by atoms with van der Waals surface area (Å²) in [5.41, 5.74) is 3.03. The first kappa shape index (κ1) is 19.8. The van der Waals surface area contributed by atoms with Crippen LogP contribution in [0.2, 0.25) is 0 Å². The monoisotopic (exact) mass is 430 g/mol. The number of nitrogens with zero attached hydrogens (tertiary/aromatic N) is 6. The van der Waals surface area contributed by atoms with E-state index in [2.05, 4.69) is 10.1 Å². The van der Waals surface area contributed by atoms with Crippen LogP contribution in [0.25, 0.3) is 28.3 Å². The van der Waals surface area contributed by atoms with Gasteiger partial charge in [0.1, 0.15) is 11.5 Å². The number of aliphatic hydroxyl groups excluding tert-OH is 1. The largest absolute Gasteiger partial charge is 0.414 e. The molecule has 0 amide bonds. The van der Waals surface area contributed by atoms with Crippen LogP contribution in [0.1, 0.15) is 25.3 Å². The van der Waals surface area contributed by atoms with Crippen LogP contribution < -0.4 is 0 Å². The van der Waals surface area contributed by atoms with Crippen molar-refractivity contribution in [3.8, 4) is 22.6 Å². The molecule has 5 rings (SSSR count). The average Bonchev–Trinajstić information content (AvgIpc) is 3.09. The number of rotatable bonds is 6. The fourth-order valence-corrected chi connectivity index (χ4v) is 3.98. The Hall–Kier alpha value is -3.14. The summed E-state index contributed by atoms with van der Waals surface area (Å²) in [7, 11) is 1.83. The van der Waals surface area contributed by atoms with Gasteiger partial charge < -0.3 is 9.67 Å². The van der Waals surface area contributed by atoms with E-state index < -0.39 is 18.3 Å². The van der Waals surface area contributed by atoms with Crippen LogP contribution >= 0.6 is 0 Å². The first-order valence-corrected chi connectivity index (χ1v) is 10.1. The highest BCUT2D eigenvalue weighted by molar-refractivity contribution is 5.68. The van der Waals surface area contributed by atoms with E-state index in [-0.39, 0.29) is 12.3 Å². The van der Waals surface area contributed by atoms with Crippen molar-refractivity contribution in [2.24, 2.45) is 13.0 Å². The minimum atomic E-state index is -4.62. The Kier molecular flexibility index (Phi) is 4.62. The van der Waals surface area contributed by atoms with Crippen molar-refractivity contribution in [1.29, 1.82) is 0 Å². The van der Waals surface area contributed by atoms with Crippen LogP contribution in [-0.2, 0) is 7.05 Å². The van der Waals surface area contributed by atoms with Crippen molar-refractivity contribution < 1.29 is 18.3 Å². The molecule has 31 heavy (non-hydrogen) atoms. The number of hydrogen-bond acceptors (Lipinski definition) is 4. The lowest BCUT2D eigenvalue weighted by atomic mass is 10.0. The predicted octanol–water partition coefficient (Wildman–Crippen LogP) is 3.86. The molecule has 2 unspecified atom stereocenters. The Morgan fingerprint density at radius 3 is 2.68 bits per heavy atom. The van der Waals surface area contributed by atoms with Crippen LogP contribution in [-0.4, -0.2) is 46.1 Å². The van der Waals surface area contributed by atoms with E-state index in [1.54, 1.807) is 40.2 Å². The van der Waals surface area contributed by atoms with E-state index in [4.69, 9.17) is 4.98 Å². The van der Waals surface area contributed by atoms with Gasteiger partial charge in [0.05, 0.1) is 11.9 Å². The number of aryl methyl sites for hydroxylation is 1. The number of hydrogen-bond donors (Lipinski definition) is 1. The maximum Gasteiger partial charge on any atom is 0.414 e. The zero-order chi connectivity index (χ0) is 21.8. The predicted molar refractivity (Wildman–Crippen MR) is 107 cm³/mol. The summed E-state index contributed by atoms with van der Waals surface area (Å²) in [6, 6.07) is 3.29. The molecule has 1 aliphatic carbocycles. The maximum atomic E-state index is 12.9. The number of aliphatic hydroxyl groups is 1. The molecular weight excluding hydrogens is 409 g/mol. The lowest BCUT2D eigenvalue weighted by Crippen LogP contribution is -2.31. The number of imidazole rings is 1. The summed E-state index contributed by atoms with van der Waals surface area (Å²) in [6.45, 7) is 0. The second-order valence-corrected chi connectivity index (χ2v) is 8.07. The molecule has 0 aliphatic heterocycles. The van der Waals surface area contributed by atoms with Gasteiger partial charge in [0.2, 0.25) is 0 Å². The zero-order valence-corrected chi connectivity index (χ0v) is 16.7. The van der Waals surface area contributed by atoms with Crippen molar-refractivity contribution in [3.63, 3.8) is 0 Å². The van der Waals surface area contributed by atoms with Crippen molar-refractivity contribution in [2.45, 2.75) is 37.6 Å². The summed E-state index contributed by atoms with van der Waals surface area (Å²) in [5.74, 6) is 0.777. The van der Waals surface area contributed by atoms with Gasteiger partial charge >= 0.3 is 6.18 Å². The molecule has 1 saturated carbocycles. The fraction of sp³-hybridized carbons (Fsp3) is 0.381. The van der Waals surface area contributed by atoms with Crippen LogP contribution in [0, 0.1) is 5.92 Å². The highest BCUT2D eigenvalue weighted by atomic mass is 19.4. The molecule has 1 N–H and O–H groups in total. The lowest BCUT2D eigenvalue weighted by Gasteiger charge is -2.23. The van der Waals surface area contributed by atoms with E-state index in [1.165, 1.54) is 0 Å². The molecule has 0 spiro atoms. The van der Waals surface area contributed by atoms with Gasteiger partial charge in [-0.2, -0.15) is 18.3 Å². The van der Waals surface area contributed by atoms with Gasteiger partial charge in [-0.15, -0.1) is 0 Å². The van der Waals surface area contributed by atoms with Gasteiger partial charge in [-0.25, -0.2) is 9.97 Å². The van der Waals surface area contributed by atoms with Gasteiger partial charge in [0, 0.05) is 67.7 Å². The third-order valence-corrected chi connectivity index (χ3v) is 5.75. The minimum absolute atomic E-state index is 0.139. The van der Waals surface area contributed by atoms with E-state index >= 15 is 0 Å². The van der Waals surface area contributed by atoms with Gasteiger partial charge in [0.25, 0.3) is 0 Å². The van der Waals surface area contributed by atoms with Crippen LogP contribution in [0.15, 0.2) is 49.3 Å². The highest BCUT2D eigenvalue weighted by Gasteiger charge is 2.43. The Morgan fingerprint density at radius 2 is 2.00 bits per heavy atom. The fourth-order valence-electron chi connectivity index (χ4n) is 3.98. The summed E-state index contributed by atoms with van der Waals surface area (Å²) < 4.78 is 44.1. The molecule has 2 atom stereocenters. The Balaban J connectivity index is 1.52. The van der Waals surface area contributed by atoms with Crippen molar-refractivity contribution in [2.75, 3.05) is 0 Å². The molecule has 0 radical (unpaired) electrons. The molecule has 4 aromatic heterocycles. The molecule has 4 heterocycles. The third-order valence-electron chi connectivity index (χ3n) is 5.75. The van der Waals surface area contributed by atoms with Gasteiger partial charge in [-0.1, -0.05) is 0 Å². The van der Waals surface area contributed by atoms with Gasteiger partial charge in [-0.3, -0.25) is 9.08 Å². The van der Waals surface area contributed by atoms with Crippen LogP contribution in [0.4, 0.5) is 13.2 Å². The quantitative estimate of drug-likeness (QED) is 0.504. The highest BCUT2D eigenvalue weighted by Crippen LogP contribution is 2.44. The molecule has 162 valence electrons. The minimum Gasteiger partial charge on any atom is -0.384 e. The van der Waals surface area contributed by atoms with E-state index in [0.717, 1.165) is 24.0 Å². The summed E-state index contributed by atoms with van der Waals surface area (Å²) >= 11 is 0. The first-order chi connectivity index (χ1) is 14.8. The van der Waals surface area contributed by atoms with Crippen molar-refractivity contribution in [3.05, 3.63) is 49.3 Å². The maximum absolute atomic E-state index is 12.9. The second-order valence-electron chi connectivity index (χ2n) is 8.07. The Bertz CT molecular complexity index is 1220. The second kappa shape index (κ2) is 7.23. The summed E-state index contributed by atoms with van der Waals surface area (Å²) in [5, 5.41) is 13.8. The smallest absolute Gasteiger partial charge is 0.384 e. The normalized spacial score (nSPS) is 16.7. The molecule has 0 saturated heterocycles. The van der Waals surface area contributed by atoms with E-state index in [9.17, 15) is 18.3 Å². The summed E-state index contributed by atoms with van der Waals surface area (Å²) in [6.07, 6.45) is 5.05. The lowest BCUT2D eigenvalue weighted by molar-refractivity contribution is -0.208. The third kappa shape index (κ3) is 3.83. The van der Waals surface area contributed by atoms with Crippen LogP contribution in [0.3, 0.4) is 0 Å². The Labute approximate surface area is 175 Å². The summed E-state index contributed by atoms with van der Waals surface area (Å²) in [4.78, 5) is 9.16. The standard InChI is InChI=1S/C21H21F3N6O/c1-28-11-15(10-26-28)16-8-19-25-5-7-30(19)20(27-16)14-4-6-29(12-14)17(13-2-3-13)9-18(31)21(22,23)24/h4-8,10-13,17-18,31H,2-3,9H2,1H3. The van der Waals surface area contributed by atoms with Crippen LogP contribution in [0.5, 0.6) is 0 Å². The SMILES string of the molecule is Cn1cc(-c2cc3nccn3c(-c3ccn(C(CC(O)C(F)(F)F)C4CC4)c3)n2)cn1. The molecule has 1 aliphatic rings.